The van der Waals surface area contributed by atoms with Crippen molar-refractivity contribution in [3.8, 4) is 0 Å². The maximum absolute atomic E-state index is 12.4. The highest BCUT2D eigenvalue weighted by atomic mass is 32.1. The van der Waals surface area contributed by atoms with Gasteiger partial charge in [-0.2, -0.15) is 0 Å². The summed E-state index contributed by atoms with van der Waals surface area (Å²) in [5.74, 6) is 0.0409. The number of furan rings is 1. The number of nitrogens with zero attached hydrogens (tertiary/aromatic N) is 2. The van der Waals surface area contributed by atoms with E-state index in [1.165, 1.54) is 6.26 Å². The van der Waals surface area contributed by atoms with Crippen LogP contribution in [0.3, 0.4) is 0 Å². The molecule has 24 heavy (non-hydrogen) atoms. The van der Waals surface area contributed by atoms with Crippen molar-refractivity contribution >= 4 is 23.2 Å². The predicted molar refractivity (Wildman–Crippen MR) is 90.9 cm³/mol. The van der Waals surface area contributed by atoms with Gasteiger partial charge in [-0.3, -0.25) is 9.59 Å². The fourth-order valence-electron chi connectivity index (χ4n) is 2.91. The number of aryl methyl sites for hydroxylation is 1. The molecule has 0 aromatic carbocycles. The van der Waals surface area contributed by atoms with E-state index >= 15 is 0 Å². The molecule has 1 unspecified atom stereocenters. The Morgan fingerprint density at radius 2 is 2.38 bits per heavy atom. The van der Waals surface area contributed by atoms with Gasteiger partial charge in [0, 0.05) is 31.4 Å². The SMILES string of the molecule is Cc1nc(CCNC(=O)C2CCCN(C(=O)c3ccco3)C2)cs1. The molecule has 3 rings (SSSR count). The molecule has 7 heteroatoms. The minimum atomic E-state index is -0.158. The fraction of sp³-hybridized carbons (Fsp3) is 0.471. The van der Waals surface area contributed by atoms with E-state index in [2.05, 4.69) is 10.3 Å². The molecule has 128 valence electrons. The van der Waals surface area contributed by atoms with Crippen LogP contribution in [0.15, 0.2) is 28.2 Å². The van der Waals surface area contributed by atoms with Crippen molar-refractivity contribution in [3.63, 3.8) is 0 Å². The summed E-state index contributed by atoms with van der Waals surface area (Å²) in [5.41, 5.74) is 1.01. The van der Waals surface area contributed by atoms with Crippen molar-refractivity contribution < 1.29 is 14.0 Å². The third-order valence-corrected chi connectivity index (χ3v) is 4.98. The molecule has 2 aromatic heterocycles. The van der Waals surface area contributed by atoms with Gasteiger partial charge in [0.2, 0.25) is 5.91 Å². The van der Waals surface area contributed by atoms with Gasteiger partial charge in [-0.25, -0.2) is 4.98 Å². The van der Waals surface area contributed by atoms with E-state index in [-0.39, 0.29) is 17.7 Å². The van der Waals surface area contributed by atoms with Crippen LogP contribution in [0.1, 0.15) is 34.1 Å². The van der Waals surface area contributed by atoms with Crippen LogP contribution < -0.4 is 5.32 Å². The Labute approximate surface area is 144 Å². The van der Waals surface area contributed by atoms with Crippen LogP contribution in [0, 0.1) is 12.8 Å². The Morgan fingerprint density at radius 3 is 3.08 bits per heavy atom. The van der Waals surface area contributed by atoms with Gasteiger partial charge in [0.05, 0.1) is 22.9 Å². The number of nitrogens with one attached hydrogen (secondary N) is 1. The molecule has 3 heterocycles. The summed E-state index contributed by atoms with van der Waals surface area (Å²) in [4.78, 5) is 30.8. The minimum Gasteiger partial charge on any atom is -0.459 e. The summed E-state index contributed by atoms with van der Waals surface area (Å²) >= 11 is 1.62. The molecule has 2 aromatic rings. The van der Waals surface area contributed by atoms with Crippen molar-refractivity contribution in [1.82, 2.24) is 15.2 Å². The van der Waals surface area contributed by atoms with E-state index in [9.17, 15) is 9.59 Å². The monoisotopic (exact) mass is 347 g/mol. The van der Waals surface area contributed by atoms with Gasteiger partial charge in [-0.1, -0.05) is 0 Å². The lowest BCUT2D eigenvalue weighted by Gasteiger charge is -2.31. The molecule has 1 aliphatic rings. The Balaban J connectivity index is 1.48. The van der Waals surface area contributed by atoms with Crippen molar-refractivity contribution in [2.24, 2.45) is 5.92 Å². The highest BCUT2D eigenvalue weighted by Crippen LogP contribution is 2.19. The third kappa shape index (κ3) is 4.03. The lowest BCUT2D eigenvalue weighted by atomic mass is 9.97. The van der Waals surface area contributed by atoms with Gasteiger partial charge in [-0.15, -0.1) is 11.3 Å². The molecule has 1 saturated heterocycles. The zero-order chi connectivity index (χ0) is 16.9. The maximum Gasteiger partial charge on any atom is 0.289 e. The number of rotatable bonds is 5. The Bertz CT molecular complexity index is 696. The first-order valence-corrected chi connectivity index (χ1v) is 9.03. The highest BCUT2D eigenvalue weighted by Gasteiger charge is 2.29. The van der Waals surface area contributed by atoms with E-state index < -0.39 is 0 Å². The second-order valence-electron chi connectivity index (χ2n) is 5.97. The fourth-order valence-corrected chi connectivity index (χ4v) is 3.56. The van der Waals surface area contributed by atoms with Crippen LogP contribution in [-0.4, -0.2) is 41.3 Å². The minimum absolute atomic E-state index is 0.0129. The molecule has 2 amide bonds. The summed E-state index contributed by atoms with van der Waals surface area (Å²) in [6, 6.07) is 3.35. The maximum atomic E-state index is 12.4. The van der Waals surface area contributed by atoms with Gasteiger partial charge < -0.3 is 14.6 Å². The van der Waals surface area contributed by atoms with Crippen LogP contribution >= 0.6 is 11.3 Å². The van der Waals surface area contributed by atoms with Crippen molar-refractivity contribution in [2.75, 3.05) is 19.6 Å². The number of thiazole rings is 1. The number of hydrogen-bond donors (Lipinski definition) is 1. The first kappa shape index (κ1) is 16.7. The lowest BCUT2D eigenvalue weighted by molar-refractivity contribution is -0.126. The number of aromatic nitrogens is 1. The normalized spacial score (nSPS) is 17.7. The second kappa shape index (κ2) is 7.61. The molecule has 1 atom stereocenters. The molecule has 0 saturated carbocycles. The molecule has 1 aliphatic heterocycles. The molecule has 1 N–H and O–H groups in total. The van der Waals surface area contributed by atoms with Crippen LogP contribution in [0.2, 0.25) is 0 Å². The smallest absolute Gasteiger partial charge is 0.289 e. The van der Waals surface area contributed by atoms with Crippen molar-refractivity contribution in [1.29, 1.82) is 0 Å². The summed E-state index contributed by atoms with van der Waals surface area (Å²) in [5, 5.41) is 6.03. The van der Waals surface area contributed by atoms with Gasteiger partial charge >= 0.3 is 0 Å². The van der Waals surface area contributed by atoms with Gasteiger partial charge in [-0.05, 0) is 31.9 Å². The number of piperidine rings is 1. The molecule has 0 radical (unpaired) electrons. The first-order chi connectivity index (χ1) is 11.6. The lowest BCUT2D eigenvalue weighted by Crippen LogP contribution is -2.45. The summed E-state index contributed by atoms with van der Waals surface area (Å²) in [6.45, 7) is 3.66. The number of amides is 2. The molecule has 0 spiro atoms. The molecule has 6 nitrogen and oxygen atoms in total. The Hall–Kier alpha value is -2.15. The Kier molecular flexibility index (Phi) is 5.30. The van der Waals surface area contributed by atoms with E-state index in [0.29, 0.717) is 25.4 Å². The summed E-state index contributed by atoms with van der Waals surface area (Å²) in [7, 11) is 0. The van der Waals surface area contributed by atoms with E-state index in [1.807, 2.05) is 12.3 Å². The van der Waals surface area contributed by atoms with Crippen LogP contribution in [0.5, 0.6) is 0 Å². The van der Waals surface area contributed by atoms with Crippen LogP contribution in [-0.2, 0) is 11.2 Å². The quantitative estimate of drug-likeness (QED) is 0.900. The average Bonchev–Trinajstić information content (AvgIpc) is 3.26. The van der Waals surface area contributed by atoms with E-state index in [1.54, 1.807) is 28.4 Å². The van der Waals surface area contributed by atoms with E-state index in [0.717, 1.165) is 30.0 Å². The molecule has 1 fully saturated rings. The van der Waals surface area contributed by atoms with Crippen LogP contribution in [0.4, 0.5) is 0 Å². The molecular formula is C17H21N3O3S. The topological polar surface area (TPSA) is 75.4 Å². The number of likely N-dealkylation sites (tertiary alicyclic amines) is 1. The average molecular weight is 347 g/mol. The zero-order valence-corrected chi connectivity index (χ0v) is 14.5. The summed E-state index contributed by atoms with van der Waals surface area (Å²) in [6.07, 6.45) is 3.86. The van der Waals surface area contributed by atoms with Crippen molar-refractivity contribution in [3.05, 3.63) is 40.2 Å². The Morgan fingerprint density at radius 1 is 1.50 bits per heavy atom. The standard InChI is InChI=1S/C17H21N3O3S/c1-12-19-14(11-24-12)6-7-18-16(21)13-4-2-8-20(10-13)17(22)15-5-3-9-23-15/h3,5,9,11,13H,2,4,6-8,10H2,1H3,(H,18,21). The van der Waals surface area contributed by atoms with Crippen molar-refractivity contribution in [2.45, 2.75) is 26.2 Å². The second-order valence-corrected chi connectivity index (χ2v) is 7.03. The largest absolute Gasteiger partial charge is 0.459 e. The molecular weight excluding hydrogens is 326 g/mol. The number of carbonyl (C=O) groups is 2. The van der Waals surface area contributed by atoms with Gasteiger partial charge in [0.25, 0.3) is 5.91 Å². The number of hydrogen-bond acceptors (Lipinski definition) is 5. The molecule has 0 aliphatic carbocycles. The third-order valence-electron chi connectivity index (χ3n) is 4.16. The zero-order valence-electron chi connectivity index (χ0n) is 13.7. The highest BCUT2D eigenvalue weighted by molar-refractivity contribution is 7.09. The van der Waals surface area contributed by atoms with E-state index in [4.69, 9.17) is 4.42 Å². The molecule has 0 bridgehead atoms. The summed E-state index contributed by atoms with van der Waals surface area (Å²) < 4.78 is 5.16. The van der Waals surface area contributed by atoms with Gasteiger partial charge in [0.15, 0.2) is 5.76 Å². The number of carbonyl (C=O) groups excluding carboxylic acids is 2. The van der Waals surface area contributed by atoms with Gasteiger partial charge in [0.1, 0.15) is 0 Å². The first-order valence-electron chi connectivity index (χ1n) is 8.15. The van der Waals surface area contributed by atoms with Crippen LogP contribution in [0.25, 0.3) is 0 Å². The predicted octanol–water partition coefficient (Wildman–Crippen LogP) is 2.26.